The summed E-state index contributed by atoms with van der Waals surface area (Å²) in [4.78, 5) is 28.2. The van der Waals surface area contributed by atoms with E-state index in [9.17, 15) is 9.59 Å². The van der Waals surface area contributed by atoms with Gasteiger partial charge in [0.25, 0.3) is 11.8 Å². The predicted octanol–water partition coefficient (Wildman–Crippen LogP) is 6.82. The number of carbonyl (C=O) groups excluding carboxylic acids is 2. The zero-order chi connectivity index (χ0) is 23.0. The third-order valence-corrected chi connectivity index (χ3v) is 6.22. The standard InChI is InChI=1S/C26H22Cl2N2O2/c1-15(2)17-9-13-20(14-10-17)30-25(31)23(18-7-11-19(27)12-8-18)24(26(30)32)29-22-6-4-5-21(28)16(22)3/h4-15,29H,1-3H3. The molecule has 162 valence electrons. The summed E-state index contributed by atoms with van der Waals surface area (Å²) in [6.45, 7) is 6.05. The van der Waals surface area contributed by atoms with Crippen LogP contribution in [0.15, 0.2) is 72.4 Å². The summed E-state index contributed by atoms with van der Waals surface area (Å²) >= 11 is 12.3. The van der Waals surface area contributed by atoms with Crippen LogP contribution in [0.4, 0.5) is 11.4 Å². The van der Waals surface area contributed by atoms with E-state index in [1.54, 1.807) is 48.5 Å². The summed E-state index contributed by atoms with van der Waals surface area (Å²) in [5.74, 6) is -0.465. The molecule has 1 heterocycles. The summed E-state index contributed by atoms with van der Waals surface area (Å²) in [5, 5.41) is 4.29. The third-order valence-electron chi connectivity index (χ3n) is 5.56. The largest absolute Gasteiger partial charge is 0.350 e. The Morgan fingerprint density at radius 2 is 1.50 bits per heavy atom. The van der Waals surface area contributed by atoms with Crippen molar-refractivity contribution in [2.75, 3.05) is 10.2 Å². The molecular formula is C26H22Cl2N2O2. The molecule has 3 aromatic rings. The molecule has 0 bridgehead atoms. The van der Waals surface area contributed by atoms with E-state index in [0.717, 1.165) is 11.1 Å². The van der Waals surface area contributed by atoms with Crippen LogP contribution in [0.5, 0.6) is 0 Å². The number of hydrogen-bond acceptors (Lipinski definition) is 3. The highest BCUT2D eigenvalue weighted by atomic mass is 35.5. The molecule has 1 N–H and O–H groups in total. The van der Waals surface area contributed by atoms with E-state index in [-0.39, 0.29) is 5.70 Å². The molecule has 2 amide bonds. The second kappa shape index (κ2) is 8.81. The van der Waals surface area contributed by atoms with Crippen LogP contribution in [0.2, 0.25) is 10.0 Å². The lowest BCUT2D eigenvalue weighted by molar-refractivity contribution is -0.120. The smallest absolute Gasteiger partial charge is 0.282 e. The molecule has 0 saturated carbocycles. The lowest BCUT2D eigenvalue weighted by Crippen LogP contribution is -2.32. The van der Waals surface area contributed by atoms with Gasteiger partial charge in [-0.05, 0) is 65.9 Å². The highest BCUT2D eigenvalue weighted by Crippen LogP contribution is 2.35. The van der Waals surface area contributed by atoms with E-state index in [2.05, 4.69) is 19.2 Å². The van der Waals surface area contributed by atoms with Crippen LogP contribution in [0.1, 0.15) is 36.5 Å². The first-order valence-corrected chi connectivity index (χ1v) is 11.0. The van der Waals surface area contributed by atoms with Crippen molar-refractivity contribution in [2.45, 2.75) is 26.7 Å². The van der Waals surface area contributed by atoms with E-state index in [4.69, 9.17) is 23.2 Å². The van der Waals surface area contributed by atoms with Crippen LogP contribution < -0.4 is 10.2 Å². The van der Waals surface area contributed by atoms with Crippen molar-refractivity contribution in [2.24, 2.45) is 0 Å². The maximum atomic E-state index is 13.5. The first-order chi connectivity index (χ1) is 15.3. The predicted molar refractivity (Wildman–Crippen MR) is 131 cm³/mol. The number of anilines is 2. The first kappa shape index (κ1) is 22.1. The van der Waals surface area contributed by atoms with E-state index >= 15 is 0 Å². The topological polar surface area (TPSA) is 49.4 Å². The van der Waals surface area contributed by atoms with Crippen molar-refractivity contribution >= 4 is 52.0 Å². The van der Waals surface area contributed by atoms with Gasteiger partial charge in [0, 0.05) is 15.7 Å². The van der Waals surface area contributed by atoms with Gasteiger partial charge in [0.15, 0.2) is 0 Å². The van der Waals surface area contributed by atoms with Gasteiger partial charge in [-0.2, -0.15) is 0 Å². The quantitative estimate of drug-likeness (QED) is 0.421. The minimum absolute atomic E-state index is 0.204. The Hall–Kier alpha value is -3.08. The summed E-state index contributed by atoms with van der Waals surface area (Å²) in [6.07, 6.45) is 0. The monoisotopic (exact) mass is 464 g/mol. The van der Waals surface area contributed by atoms with Crippen LogP contribution >= 0.6 is 23.2 Å². The molecule has 0 saturated heterocycles. The number of imide groups is 1. The molecule has 1 aliphatic heterocycles. The van der Waals surface area contributed by atoms with Crippen molar-refractivity contribution in [3.05, 3.63) is 99.2 Å². The average molecular weight is 465 g/mol. The molecule has 0 radical (unpaired) electrons. The molecule has 0 atom stereocenters. The van der Waals surface area contributed by atoms with Gasteiger partial charge < -0.3 is 5.32 Å². The van der Waals surface area contributed by atoms with E-state index in [0.29, 0.717) is 38.5 Å². The van der Waals surface area contributed by atoms with Gasteiger partial charge in [0.1, 0.15) is 5.70 Å². The highest BCUT2D eigenvalue weighted by Gasteiger charge is 2.40. The van der Waals surface area contributed by atoms with Crippen molar-refractivity contribution in [1.29, 1.82) is 0 Å². The number of carbonyl (C=O) groups is 2. The lowest BCUT2D eigenvalue weighted by Gasteiger charge is -2.17. The van der Waals surface area contributed by atoms with Gasteiger partial charge >= 0.3 is 0 Å². The van der Waals surface area contributed by atoms with Gasteiger partial charge in [0.05, 0.1) is 11.3 Å². The number of nitrogens with zero attached hydrogens (tertiary/aromatic N) is 1. The zero-order valence-electron chi connectivity index (χ0n) is 17.9. The Bertz CT molecular complexity index is 1230. The lowest BCUT2D eigenvalue weighted by atomic mass is 10.0. The van der Waals surface area contributed by atoms with Gasteiger partial charge in [-0.3, -0.25) is 9.59 Å². The van der Waals surface area contributed by atoms with E-state index in [1.807, 2.05) is 25.1 Å². The molecule has 4 rings (SSSR count). The minimum Gasteiger partial charge on any atom is -0.350 e. The van der Waals surface area contributed by atoms with Gasteiger partial charge in [-0.15, -0.1) is 0 Å². The number of nitrogens with one attached hydrogen (secondary N) is 1. The molecule has 0 unspecified atom stereocenters. The minimum atomic E-state index is -0.420. The Kier molecular flexibility index (Phi) is 6.09. The van der Waals surface area contributed by atoms with Crippen LogP contribution in [0.3, 0.4) is 0 Å². The summed E-state index contributed by atoms with van der Waals surface area (Å²) in [5.41, 5.74) is 4.21. The molecule has 0 fully saturated rings. The molecular weight excluding hydrogens is 443 g/mol. The summed E-state index contributed by atoms with van der Waals surface area (Å²) < 4.78 is 0. The van der Waals surface area contributed by atoms with Crippen LogP contribution in [0, 0.1) is 6.92 Å². The molecule has 0 spiro atoms. The van der Waals surface area contributed by atoms with Crippen molar-refractivity contribution < 1.29 is 9.59 Å². The molecule has 1 aliphatic rings. The van der Waals surface area contributed by atoms with Crippen LogP contribution in [0.25, 0.3) is 5.57 Å². The molecule has 3 aromatic carbocycles. The van der Waals surface area contributed by atoms with Crippen molar-refractivity contribution in [3.63, 3.8) is 0 Å². The summed E-state index contributed by atoms with van der Waals surface area (Å²) in [7, 11) is 0. The van der Waals surface area contributed by atoms with Crippen LogP contribution in [-0.2, 0) is 9.59 Å². The van der Waals surface area contributed by atoms with Gasteiger partial charge in [0.2, 0.25) is 0 Å². The SMILES string of the molecule is Cc1c(Cl)cccc1NC1=C(c2ccc(Cl)cc2)C(=O)N(c2ccc(C(C)C)cc2)C1=O. The number of hydrogen-bond donors (Lipinski definition) is 1. The fourth-order valence-electron chi connectivity index (χ4n) is 3.65. The van der Waals surface area contributed by atoms with Crippen LogP contribution in [-0.4, -0.2) is 11.8 Å². The first-order valence-electron chi connectivity index (χ1n) is 10.3. The zero-order valence-corrected chi connectivity index (χ0v) is 19.5. The number of benzene rings is 3. The van der Waals surface area contributed by atoms with Gasteiger partial charge in [-0.25, -0.2) is 4.90 Å². The fourth-order valence-corrected chi connectivity index (χ4v) is 3.95. The maximum Gasteiger partial charge on any atom is 0.282 e. The highest BCUT2D eigenvalue weighted by molar-refractivity contribution is 6.46. The van der Waals surface area contributed by atoms with Crippen molar-refractivity contribution in [1.82, 2.24) is 0 Å². The van der Waals surface area contributed by atoms with Gasteiger partial charge in [-0.1, -0.05) is 67.4 Å². The van der Waals surface area contributed by atoms with E-state index in [1.165, 1.54) is 4.90 Å². The second-order valence-electron chi connectivity index (χ2n) is 7.99. The number of amides is 2. The maximum absolute atomic E-state index is 13.5. The molecule has 6 heteroatoms. The Labute approximate surface area is 197 Å². The molecule has 0 aliphatic carbocycles. The normalized spacial score (nSPS) is 14.0. The van der Waals surface area contributed by atoms with Crippen molar-refractivity contribution in [3.8, 4) is 0 Å². The average Bonchev–Trinajstić information content (AvgIpc) is 3.01. The molecule has 32 heavy (non-hydrogen) atoms. The Balaban J connectivity index is 1.81. The second-order valence-corrected chi connectivity index (χ2v) is 8.83. The Morgan fingerprint density at radius 1 is 0.844 bits per heavy atom. The molecule has 0 aromatic heterocycles. The van der Waals surface area contributed by atoms with E-state index < -0.39 is 11.8 Å². The third kappa shape index (κ3) is 4.04. The molecule has 4 nitrogen and oxygen atoms in total. The fraction of sp³-hybridized carbons (Fsp3) is 0.154. The number of halogens is 2. The Morgan fingerprint density at radius 3 is 2.12 bits per heavy atom. The number of rotatable bonds is 5. The summed E-state index contributed by atoms with van der Waals surface area (Å²) in [6, 6.07) is 19.8.